The zero-order valence-electron chi connectivity index (χ0n) is 18.8. The molecule has 0 aliphatic carbocycles. The maximum atomic E-state index is 6.31. The van der Waals surface area contributed by atoms with Crippen LogP contribution in [0, 0.1) is 0 Å². The van der Waals surface area contributed by atoms with E-state index in [1.807, 2.05) is 26.0 Å². The topological polar surface area (TPSA) is 36.9 Å². The number of ether oxygens (including phenoxy) is 4. The highest BCUT2D eigenvalue weighted by molar-refractivity contribution is 6.14. The fraction of sp³-hybridized carbons (Fsp3) is 0.462. The number of unbranched alkanes of at least 4 members (excludes halogenated alkanes) is 2. The first-order valence-electron chi connectivity index (χ1n) is 11.3. The van der Waals surface area contributed by atoms with Crippen LogP contribution in [0.2, 0.25) is 0 Å². The van der Waals surface area contributed by atoms with Gasteiger partial charge in [0.1, 0.15) is 11.5 Å². The summed E-state index contributed by atoms with van der Waals surface area (Å²) in [6, 6.07) is 12.4. The standard InChI is InChI=1S/C26H34O4/c1-5-9-15-29-25-21-13-11-19(27-7-3)17-23(21)24-18-20(28-8-4)12-14-22(24)26(25)30-16-10-6-2/h11-14,17-18H,5-10,15-16H2,1-4H3. The van der Waals surface area contributed by atoms with Crippen molar-refractivity contribution in [3.05, 3.63) is 36.4 Å². The van der Waals surface area contributed by atoms with Crippen LogP contribution in [0.15, 0.2) is 36.4 Å². The zero-order valence-corrected chi connectivity index (χ0v) is 18.8. The molecule has 0 bridgehead atoms. The van der Waals surface area contributed by atoms with Gasteiger partial charge in [-0.15, -0.1) is 0 Å². The average molecular weight is 411 g/mol. The van der Waals surface area contributed by atoms with Crippen LogP contribution in [0.5, 0.6) is 23.0 Å². The van der Waals surface area contributed by atoms with Crippen molar-refractivity contribution >= 4 is 21.5 Å². The molecule has 3 aromatic rings. The van der Waals surface area contributed by atoms with Crippen LogP contribution < -0.4 is 18.9 Å². The van der Waals surface area contributed by atoms with Gasteiger partial charge in [-0.25, -0.2) is 0 Å². The van der Waals surface area contributed by atoms with Crippen molar-refractivity contribution in [2.45, 2.75) is 53.4 Å². The zero-order chi connectivity index (χ0) is 21.3. The first-order chi connectivity index (χ1) is 14.7. The predicted molar refractivity (Wildman–Crippen MR) is 125 cm³/mol. The Morgan fingerprint density at radius 3 is 1.33 bits per heavy atom. The Labute approximate surface area is 180 Å². The van der Waals surface area contributed by atoms with Crippen LogP contribution in [0.3, 0.4) is 0 Å². The summed E-state index contributed by atoms with van der Waals surface area (Å²) in [5, 5.41) is 4.27. The molecule has 0 N–H and O–H groups in total. The number of benzene rings is 3. The minimum atomic E-state index is 0.631. The third-order valence-corrected chi connectivity index (χ3v) is 5.08. The second-order valence-corrected chi connectivity index (χ2v) is 7.34. The van der Waals surface area contributed by atoms with Gasteiger partial charge in [-0.1, -0.05) is 26.7 Å². The lowest BCUT2D eigenvalue weighted by Crippen LogP contribution is -2.04. The number of fused-ring (bicyclic) bond motifs is 3. The Hall–Kier alpha value is -2.62. The summed E-state index contributed by atoms with van der Waals surface area (Å²) < 4.78 is 24.2. The molecule has 4 nitrogen and oxygen atoms in total. The first-order valence-corrected chi connectivity index (χ1v) is 11.3. The van der Waals surface area contributed by atoms with E-state index in [9.17, 15) is 0 Å². The van der Waals surface area contributed by atoms with E-state index in [0.29, 0.717) is 26.4 Å². The Morgan fingerprint density at radius 2 is 0.967 bits per heavy atom. The summed E-state index contributed by atoms with van der Waals surface area (Å²) in [5.74, 6) is 3.36. The van der Waals surface area contributed by atoms with E-state index in [1.54, 1.807) is 0 Å². The van der Waals surface area contributed by atoms with Crippen LogP contribution in [-0.2, 0) is 0 Å². The van der Waals surface area contributed by atoms with Crippen LogP contribution in [0.4, 0.5) is 0 Å². The summed E-state index contributed by atoms with van der Waals surface area (Å²) >= 11 is 0. The molecule has 0 fully saturated rings. The Balaban J connectivity index is 2.25. The molecular formula is C26H34O4. The molecule has 162 valence electrons. The molecule has 0 amide bonds. The molecule has 0 saturated carbocycles. The molecule has 0 atom stereocenters. The molecule has 3 aromatic carbocycles. The predicted octanol–water partition coefficient (Wildman–Crippen LogP) is 7.15. The summed E-state index contributed by atoms with van der Waals surface area (Å²) in [6.07, 6.45) is 4.19. The lowest BCUT2D eigenvalue weighted by molar-refractivity contribution is 0.267. The largest absolute Gasteiger partial charge is 0.494 e. The van der Waals surface area contributed by atoms with Gasteiger partial charge in [-0.05, 0) is 73.9 Å². The second kappa shape index (κ2) is 11.0. The Morgan fingerprint density at radius 1 is 0.533 bits per heavy atom. The second-order valence-electron chi connectivity index (χ2n) is 7.34. The molecular weight excluding hydrogens is 376 g/mol. The van der Waals surface area contributed by atoms with Gasteiger partial charge in [0.05, 0.1) is 26.4 Å². The summed E-state index contributed by atoms with van der Waals surface area (Å²) in [7, 11) is 0. The van der Waals surface area contributed by atoms with E-state index in [2.05, 4.69) is 38.1 Å². The van der Waals surface area contributed by atoms with Gasteiger partial charge in [0.2, 0.25) is 0 Å². The Bertz CT molecular complexity index is 886. The number of rotatable bonds is 12. The molecule has 0 spiro atoms. The lowest BCUT2D eigenvalue weighted by Gasteiger charge is -2.19. The van der Waals surface area contributed by atoms with Crippen molar-refractivity contribution in [1.82, 2.24) is 0 Å². The molecule has 0 heterocycles. The Kier molecular flexibility index (Phi) is 8.06. The number of hydrogen-bond acceptors (Lipinski definition) is 4. The van der Waals surface area contributed by atoms with Crippen molar-refractivity contribution in [3.63, 3.8) is 0 Å². The van der Waals surface area contributed by atoms with E-state index in [4.69, 9.17) is 18.9 Å². The van der Waals surface area contributed by atoms with Gasteiger partial charge in [-0.2, -0.15) is 0 Å². The molecule has 30 heavy (non-hydrogen) atoms. The highest BCUT2D eigenvalue weighted by atomic mass is 16.5. The highest BCUT2D eigenvalue weighted by Crippen LogP contribution is 2.45. The molecule has 0 saturated heterocycles. The smallest absolute Gasteiger partial charge is 0.169 e. The monoisotopic (exact) mass is 410 g/mol. The maximum absolute atomic E-state index is 6.31. The molecule has 0 aromatic heterocycles. The van der Waals surface area contributed by atoms with Gasteiger partial charge < -0.3 is 18.9 Å². The van der Waals surface area contributed by atoms with E-state index in [-0.39, 0.29) is 0 Å². The minimum absolute atomic E-state index is 0.631. The van der Waals surface area contributed by atoms with Crippen LogP contribution >= 0.6 is 0 Å². The third-order valence-electron chi connectivity index (χ3n) is 5.08. The van der Waals surface area contributed by atoms with Crippen molar-refractivity contribution in [1.29, 1.82) is 0 Å². The normalized spacial score (nSPS) is 11.1. The van der Waals surface area contributed by atoms with Gasteiger partial charge in [0.25, 0.3) is 0 Å². The van der Waals surface area contributed by atoms with Crippen molar-refractivity contribution < 1.29 is 18.9 Å². The first kappa shape index (κ1) is 22.1. The van der Waals surface area contributed by atoms with Gasteiger partial charge in [-0.3, -0.25) is 0 Å². The van der Waals surface area contributed by atoms with Crippen LogP contribution in [0.25, 0.3) is 21.5 Å². The summed E-state index contributed by atoms with van der Waals surface area (Å²) in [4.78, 5) is 0. The lowest BCUT2D eigenvalue weighted by atomic mass is 9.99. The highest BCUT2D eigenvalue weighted by Gasteiger charge is 2.18. The third kappa shape index (κ3) is 4.92. The number of hydrogen-bond donors (Lipinski definition) is 0. The van der Waals surface area contributed by atoms with Crippen molar-refractivity contribution in [3.8, 4) is 23.0 Å². The van der Waals surface area contributed by atoms with Gasteiger partial charge in [0.15, 0.2) is 11.5 Å². The molecule has 3 rings (SSSR count). The van der Waals surface area contributed by atoms with Gasteiger partial charge >= 0.3 is 0 Å². The van der Waals surface area contributed by atoms with E-state index in [1.165, 1.54) is 0 Å². The van der Waals surface area contributed by atoms with Crippen LogP contribution in [-0.4, -0.2) is 26.4 Å². The van der Waals surface area contributed by atoms with Crippen molar-refractivity contribution in [2.75, 3.05) is 26.4 Å². The quantitative estimate of drug-likeness (QED) is 0.235. The molecule has 0 aliphatic rings. The van der Waals surface area contributed by atoms with Crippen LogP contribution in [0.1, 0.15) is 53.4 Å². The molecule has 0 radical (unpaired) electrons. The fourth-order valence-electron chi connectivity index (χ4n) is 3.57. The SMILES string of the molecule is CCCCOc1c(OCCCC)c2ccc(OCC)cc2c2cc(OCC)ccc12. The fourth-order valence-corrected chi connectivity index (χ4v) is 3.57. The van der Waals surface area contributed by atoms with E-state index in [0.717, 1.165) is 70.2 Å². The summed E-state index contributed by atoms with van der Waals surface area (Å²) in [6.45, 7) is 10.9. The molecule has 0 unspecified atom stereocenters. The minimum Gasteiger partial charge on any atom is -0.494 e. The van der Waals surface area contributed by atoms with E-state index < -0.39 is 0 Å². The molecule has 0 aliphatic heterocycles. The molecule has 4 heteroatoms. The average Bonchev–Trinajstić information content (AvgIpc) is 2.76. The maximum Gasteiger partial charge on any atom is 0.169 e. The summed E-state index contributed by atoms with van der Waals surface area (Å²) in [5.41, 5.74) is 0. The van der Waals surface area contributed by atoms with Crippen molar-refractivity contribution in [2.24, 2.45) is 0 Å². The van der Waals surface area contributed by atoms with Gasteiger partial charge in [0, 0.05) is 10.8 Å². The van der Waals surface area contributed by atoms with E-state index >= 15 is 0 Å².